The molecule has 2 aliphatic rings. The molecule has 0 spiro atoms. The number of amides is 3. The first-order valence-corrected chi connectivity index (χ1v) is 19.6. The number of fused-ring (bicyclic) bond motifs is 1. The summed E-state index contributed by atoms with van der Waals surface area (Å²) in [7, 11) is 1.29. The van der Waals surface area contributed by atoms with E-state index in [4.69, 9.17) is 9.72 Å². The molecule has 4 aromatic carbocycles. The predicted molar refractivity (Wildman–Crippen MR) is 218 cm³/mol. The van der Waals surface area contributed by atoms with E-state index in [1.54, 1.807) is 6.20 Å². The Morgan fingerprint density at radius 2 is 1.42 bits per heavy atom. The van der Waals surface area contributed by atoms with Gasteiger partial charge in [-0.1, -0.05) is 92.7 Å². The van der Waals surface area contributed by atoms with Crippen molar-refractivity contribution in [3.05, 3.63) is 121 Å². The van der Waals surface area contributed by atoms with Crippen molar-refractivity contribution in [3.8, 4) is 33.6 Å². The number of carbonyl (C=O) groups is 3. The molecule has 4 atom stereocenters. The van der Waals surface area contributed by atoms with E-state index in [-0.39, 0.29) is 29.8 Å². The number of likely N-dealkylation sites (tertiary alicyclic amines) is 2. The standard InChI is InChI=1S/C45H47N7O5/c1-27(2)40(50-44(54)57-3)43(53)51-19-7-10-38(51)41-46-25-37(49-41)35-18-17-33-22-32(15-16-34(33)23-35)30-11-13-31(14-12-30)36-24-47-42(48-36)39-21-29(26-52(39)45(55)56)20-28-8-5-4-6-9-28/h4-6,8-9,11-18,22-25,27,29,38-40H,7,10,19-21,26H2,1-3H3,(H,46,49)(H,47,48)(H,50,54)(H,55,56). The van der Waals surface area contributed by atoms with Gasteiger partial charge in [-0.2, -0.15) is 0 Å². The summed E-state index contributed by atoms with van der Waals surface area (Å²) < 4.78 is 4.77. The third kappa shape index (κ3) is 7.85. The lowest BCUT2D eigenvalue weighted by Crippen LogP contribution is -2.51. The molecule has 12 nitrogen and oxygen atoms in total. The van der Waals surface area contributed by atoms with E-state index < -0.39 is 18.2 Å². The fraction of sp³-hybridized carbons (Fsp3) is 0.311. The van der Waals surface area contributed by atoms with Crippen LogP contribution in [0.1, 0.15) is 62.4 Å². The molecule has 2 aliphatic heterocycles. The zero-order valence-corrected chi connectivity index (χ0v) is 32.3. The summed E-state index contributed by atoms with van der Waals surface area (Å²) in [6.45, 7) is 4.89. The molecule has 2 saturated heterocycles. The molecule has 8 rings (SSSR count). The Kier molecular flexibility index (Phi) is 10.5. The Bertz CT molecular complexity index is 2390. The molecule has 292 valence electrons. The highest BCUT2D eigenvalue weighted by molar-refractivity contribution is 5.91. The Labute approximate surface area is 331 Å². The maximum Gasteiger partial charge on any atom is 0.407 e. The second-order valence-corrected chi connectivity index (χ2v) is 15.5. The van der Waals surface area contributed by atoms with Crippen LogP contribution in [0, 0.1) is 11.8 Å². The fourth-order valence-corrected chi connectivity index (χ4v) is 8.42. The number of ether oxygens (including phenoxy) is 1. The molecule has 0 aliphatic carbocycles. The van der Waals surface area contributed by atoms with E-state index in [9.17, 15) is 19.5 Å². The Morgan fingerprint density at radius 1 is 0.807 bits per heavy atom. The van der Waals surface area contributed by atoms with E-state index in [1.165, 1.54) is 17.6 Å². The van der Waals surface area contributed by atoms with Crippen LogP contribution in [-0.2, 0) is 16.0 Å². The summed E-state index contributed by atoms with van der Waals surface area (Å²) in [5, 5.41) is 14.9. The van der Waals surface area contributed by atoms with Crippen LogP contribution in [0.15, 0.2) is 103 Å². The molecule has 4 heterocycles. The lowest BCUT2D eigenvalue weighted by molar-refractivity contribution is -0.135. The summed E-state index contributed by atoms with van der Waals surface area (Å²) >= 11 is 0. The van der Waals surface area contributed by atoms with Crippen LogP contribution in [0.5, 0.6) is 0 Å². The number of aromatic nitrogens is 4. The maximum atomic E-state index is 13.6. The number of alkyl carbamates (subject to hydrolysis) is 1. The van der Waals surface area contributed by atoms with E-state index in [0.717, 1.165) is 75.9 Å². The van der Waals surface area contributed by atoms with Gasteiger partial charge in [0.15, 0.2) is 0 Å². The number of methoxy groups -OCH3 is 1. The number of aromatic amines is 2. The van der Waals surface area contributed by atoms with Crippen LogP contribution in [-0.4, -0.2) is 79.2 Å². The molecule has 6 aromatic rings. The van der Waals surface area contributed by atoms with Gasteiger partial charge in [0.2, 0.25) is 5.91 Å². The van der Waals surface area contributed by atoms with Gasteiger partial charge in [0.05, 0.1) is 43.0 Å². The van der Waals surface area contributed by atoms with Crippen molar-refractivity contribution in [1.29, 1.82) is 0 Å². The van der Waals surface area contributed by atoms with Gasteiger partial charge in [-0.05, 0) is 82.7 Å². The van der Waals surface area contributed by atoms with Gasteiger partial charge in [0, 0.05) is 18.7 Å². The van der Waals surface area contributed by atoms with Crippen molar-refractivity contribution < 1.29 is 24.2 Å². The lowest BCUT2D eigenvalue weighted by atomic mass is 9.96. The normalized spacial score (nSPS) is 18.6. The molecule has 2 fully saturated rings. The van der Waals surface area contributed by atoms with Gasteiger partial charge in [-0.25, -0.2) is 19.6 Å². The van der Waals surface area contributed by atoms with Crippen molar-refractivity contribution in [2.75, 3.05) is 20.2 Å². The number of hydrogen-bond donors (Lipinski definition) is 4. The van der Waals surface area contributed by atoms with Crippen LogP contribution in [0.3, 0.4) is 0 Å². The van der Waals surface area contributed by atoms with Crippen LogP contribution in [0.2, 0.25) is 0 Å². The summed E-state index contributed by atoms with van der Waals surface area (Å²) in [5.41, 5.74) is 7.08. The van der Waals surface area contributed by atoms with Gasteiger partial charge in [0.1, 0.15) is 17.7 Å². The quantitative estimate of drug-likeness (QED) is 0.109. The average molecular weight is 766 g/mol. The first-order chi connectivity index (χ1) is 27.6. The maximum absolute atomic E-state index is 13.6. The molecule has 4 N–H and O–H groups in total. The second kappa shape index (κ2) is 16.0. The van der Waals surface area contributed by atoms with Crippen molar-refractivity contribution >= 4 is 28.9 Å². The molecule has 0 radical (unpaired) electrons. The van der Waals surface area contributed by atoms with Crippen molar-refractivity contribution in [1.82, 2.24) is 35.1 Å². The van der Waals surface area contributed by atoms with Crippen LogP contribution in [0.4, 0.5) is 9.59 Å². The van der Waals surface area contributed by atoms with E-state index in [2.05, 4.69) is 93.1 Å². The monoisotopic (exact) mass is 765 g/mol. The molecule has 2 aromatic heterocycles. The smallest absolute Gasteiger partial charge is 0.407 e. The summed E-state index contributed by atoms with van der Waals surface area (Å²) in [6.07, 6.45) is 5.26. The van der Waals surface area contributed by atoms with Crippen molar-refractivity contribution in [2.45, 2.75) is 57.7 Å². The third-order valence-electron chi connectivity index (χ3n) is 11.4. The lowest BCUT2D eigenvalue weighted by Gasteiger charge is -2.30. The average Bonchev–Trinajstić information content (AvgIpc) is 4.06. The fourth-order valence-electron chi connectivity index (χ4n) is 8.42. The number of benzene rings is 4. The minimum absolute atomic E-state index is 0.102. The molecule has 4 unspecified atom stereocenters. The van der Waals surface area contributed by atoms with E-state index >= 15 is 0 Å². The van der Waals surface area contributed by atoms with Gasteiger partial charge in [0.25, 0.3) is 0 Å². The molecule has 3 amide bonds. The van der Waals surface area contributed by atoms with E-state index in [0.29, 0.717) is 18.9 Å². The SMILES string of the molecule is COC(=O)NC(C(=O)N1CCCC1c1ncc(-c2ccc3cc(-c4ccc(-c5cnc(C6CC(Cc7ccccc7)CN6C(=O)O)[nH]5)cc4)ccc3c2)[nH]1)C(C)C. The number of nitrogens with one attached hydrogen (secondary N) is 3. The zero-order chi connectivity index (χ0) is 39.6. The molecule has 57 heavy (non-hydrogen) atoms. The minimum atomic E-state index is -0.922. The highest BCUT2D eigenvalue weighted by atomic mass is 16.5. The topological polar surface area (TPSA) is 157 Å². The molecule has 0 bridgehead atoms. The highest BCUT2D eigenvalue weighted by Gasteiger charge is 2.39. The molecule has 12 heteroatoms. The number of rotatable bonds is 10. The van der Waals surface area contributed by atoms with Gasteiger partial charge >= 0.3 is 12.2 Å². The van der Waals surface area contributed by atoms with Gasteiger partial charge < -0.3 is 30.0 Å². The highest BCUT2D eigenvalue weighted by Crippen LogP contribution is 2.38. The van der Waals surface area contributed by atoms with Crippen LogP contribution < -0.4 is 5.32 Å². The largest absolute Gasteiger partial charge is 0.465 e. The number of hydrogen-bond acceptors (Lipinski definition) is 6. The van der Waals surface area contributed by atoms with Crippen LogP contribution in [0.25, 0.3) is 44.4 Å². The Balaban J connectivity index is 0.942. The number of carbonyl (C=O) groups excluding carboxylic acids is 2. The second-order valence-electron chi connectivity index (χ2n) is 15.5. The van der Waals surface area contributed by atoms with Crippen LogP contribution >= 0.6 is 0 Å². The third-order valence-corrected chi connectivity index (χ3v) is 11.4. The molecular weight excluding hydrogens is 719 g/mol. The number of imidazole rings is 2. The predicted octanol–water partition coefficient (Wildman–Crippen LogP) is 8.61. The summed E-state index contributed by atoms with van der Waals surface area (Å²) in [4.78, 5) is 57.3. The van der Waals surface area contributed by atoms with Crippen molar-refractivity contribution in [3.63, 3.8) is 0 Å². The molecular formula is C45H47N7O5. The number of carboxylic acid groups (broad SMARTS) is 1. The van der Waals surface area contributed by atoms with Gasteiger partial charge in [-0.15, -0.1) is 0 Å². The number of nitrogens with zero attached hydrogens (tertiary/aromatic N) is 4. The first-order valence-electron chi connectivity index (χ1n) is 19.6. The summed E-state index contributed by atoms with van der Waals surface area (Å²) in [5.74, 6) is 1.39. The molecule has 0 saturated carbocycles. The zero-order valence-electron chi connectivity index (χ0n) is 32.3. The Morgan fingerprint density at radius 3 is 2.09 bits per heavy atom. The summed E-state index contributed by atoms with van der Waals surface area (Å²) in [6, 6.07) is 30.1. The van der Waals surface area contributed by atoms with Gasteiger partial charge in [-0.3, -0.25) is 9.69 Å². The first kappa shape index (κ1) is 37.5. The van der Waals surface area contributed by atoms with E-state index in [1.807, 2.05) is 43.1 Å². The minimum Gasteiger partial charge on any atom is -0.465 e. The van der Waals surface area contributed by atoms with Crippen molar-refractivity contribution in [2.24, 2.45) is 11.8 Å². The Hall–Kier alpha value is -6.43. The number of H-pyrrole nitrogens is 2.